The molecule has 6 aromatic rings. The van der Waals surface area contributed by atoms with Gasteiger partial charge in [0.25, 0.3) is 0 Å². The number of nitriles is 1. The first-order valence-electron chi connectivity index (χ1n) is 11.3. The Bertz CT molecular complexity index is 1880. The minimum absolute atomic E-state index is 0.317. The summed E-state index contributed by atoms with van der Waals surface area (Å²) in [5, 5.41) is 15.6. The van der Waals surface area contributed by atoms with Crippen LogP contribution < -0.4 is 5.63 Å². The van der Waals surface area contributed by atoms with E-state index in [1.807, 2.05) is 84.4 Å². The highest BCUT2D eigenvalue weighted by atomic mass is 16.4. The first-order valence-corrected chi connectivity index (χ1v) is 11.3. The fourth-order valence-corrected chi connectivity index (χ4v) is 4.33. The van der Waals surface area contributed by atoms with Gasteiger partial charge in [0.15, 0.2) is 5.82 Å². The highest BCUT2D eigenvalue weighted by molar-refractivity contribution is 5.93. The number of aromatic nitrogens is 4. The fourth-order valence-electron chi connectivity index (χ4n) is 4.33. The van der Waals surface area contributed by atoms with E-state index in [9.17, 15) is 10.1 Å². The van der Waals surface area contributed by atoms with E-state index in [0.717, 1.165) is 22.1 Å². The van der Waals surface area contributed by atoms with Gasteiger partial charge in [-0.15, -0.1) is 0 Å². The molecule has 0 N–H and O–H groups in total. The van der Waals surface area contributed by atoms with E-state index >= 15 is 0 Å². The largest absolute Gasteiger partial charge is 0.422 e. The molecule has 172 valence electrons. The molecule has 0 atom stereocenters. The Morgan fingerprint density at radius 3 is 2.56 bits per heavy atom. The van der Waals surface area contributed by atoms with E-state index in [4.69, 9.17) is 9.52 Å². The molecule has 7 heteroatoms. The monoisotopic (exact) mass is 469 g/mol. The molecule has 0 fully saturated rings. The first kappa shape index (κ1) is 21.3. The molecule has 0 aliphatic heterocycles. The third-order valence-electron chi connectivity index (χ3n) is 6.11. The van der Waals surface area contributed by atoms with Gasteiger partial charge in [0.2, 0.25) is 0 Å². The van der Waals surface area contributed by atoms with Crippen molar-refractivity contribution in [3.05, 3.63) is 113 Å². The molecule has 0 amide bonds. The Morgan fingerprint density at radius 1 is 1.00 bits per heavy atom. The van der Waals surface area contributed by atoms with Crippen molar-refractivity contribution >= 4 is 33.7 Å². The van der Waals surface area contributed by atoms with Gasteiger partial charge in [-0.3, -0.25) is 0 Å². The van der Waals surface area contributed by atoms with Gasteiger partial charge in [-0.1, -0.05) is 48.5 Å². The number of hydrogen-bond acceptors (Lipinski definition) is 5. The van der Waals surface area contributed by atoms with Gasteiger partial charge >= 0.3 is 5.63 Å². The Morgan fingerprint density at radius 2 is 1.75 bits per heavy atom. The van der Waals surface area contributed by atoms with Crippen molar-refractivity contribution in [1.29, 1.82) is 5.26 Å². The van der Waals surface area contributed by atoms with E-state index < -0.39 is 5.63 Å². The molecule has 36 heavy (non-hydrogen) atoms. The molecule has 7 nitrogen and oxygen atoms in total. The van der Waals surface area contributed by atoms with Crippen molar-refractivity contribution in [3.63, 3.8) is 0 Å². The zero-order valence-electron chi connectivity index (χ0n) is 19.3. The molecule has 0 saturated heterocycles. The van der Waals surface area contributed by atoms with Crippen LogP contribution in [0.2, 0.25) is 0 Å². The lowest BCUT2D eigenvalue weighted by atomic mass is 10.1. The quantitative estimate of drug-likeness (QED) is 0.248. The zero-order valence-corrected chi connectivity index (χ0v) is 19.3. The molecule has 0 bridgehead atoms. The molecule has 3 aromatic heterocycles. The van der Waals surface area contributed by atoms with Crippen molar-refractivity contribution in [3.8, 4) is 23.0 Å². The van der Waals surface area contributed by atoms with Crippen molar-refractivity contribution in [1.82, 2.24) is 19.3 Å². The number of hydrogen-bond donors (Lipinski definition) is 0. The highest BCUT2D eigenvalue weighted by Gasteiger charge is 2.19. The normalized spacial score (nSPS) is 11.7. The molecule has 0 aliphatic rings. The van der Waals surface area contributed by atoms with Crippen LogP contribution in [-0.4, -0.2) is 19.3 Å². The van der Waals surface area contributed by atoms with Crippen LogP contribution >= 0.6 is 0 Å². The van der Waals surface area contributed by atoms with Crippen LogP contribution in [0.1, 0.15) is 11.4 Å². The van der Waals surface area contributed by atoms with Crippen LogP contribution in [0.15, 0.2) is 100 Å². The second-order valence-electron chi connectivity index (χ2n) is 8.35. The number of para-hydroxylation sites is 4. The van der Waals surface area contributed by atoms with Crippen molar-refractivity contribution in [2.24, 2.45) is 7.05 Å². The van der Waals surface area contributed by atoms with Gasteiger partial charge < -0.3 is 8.98 Å². The molecule has 3 aromatic carbocycles. The Balaban J connectivity index is 1.58. The first-order chi connectivity index (χ1) is 17.6. The average molecular weight is 470 g/mol. The number of allylic oxidation sites excluding steroid dienone is 1. The summed E-state index contributed by atoms with van der Waals surface area (Å²) in [6.45, 7) is 0. The second-order valence-corrected chi connectivity index (χ2v) is 8.35. The SMILES string of the molecule is Cn1c(C(C#N)=Cc2cn(-c3ccccc3)nc2-c2cc3ccccc3oc2=O)nc2ccccc21. The molecule has 6 rings (SSSR count). The summed E-state index contributed by atoms with van der Waals surface area (Å²) in [6, 6.07) is 28.7. The van der Waals surface area contributed by atoms with E-state index in [0.29, 0.717) is 33.8 Å². The van der Waals surface area contributed by atoms with Crippen LogP contribution in [0, 0.1) is 11.3 Å². The lowest BCUT2D eigenvalue weighted by Gasteiger charge is -2.03. The predicted molar refractivity (Wildman–Crippen MR) is 139 cm³/mol. The average Bonchev–Trinajstić information content (AvgIpc) is 3.48. The fraction of sp³-hybridized carbons (Fsp3) is 0.0345. The summed E-state index contributed by atoms with van der Waals surface area (Å²) in [5.41, 5.74) is 4.24. The summed E-state index contributed by atoms with van der Waals surface area (Å²) in [7, 11) is 1.88. The van der Waals surface area contributed by atoms with Gasteiger partial charge in [-0.2, -0.15) is 10.4 Å². The number of rotatable bonds is 4. The van der Waals surface area contributed by atoms with Crippen LogP contribution in [0.5, 0.6) is 0 Å². The second kappa shape index (κ2) is 8.53. The number of imidazole rings is 1. The topological polar surface area (TPSA) is 89.6 Å². The third-order valence-corrected chi connectivity index (χ3v) is 6.11. The van der Waals surface area contributed by atoms with E-state index in [1.54, 1.807) is 29.1 Å². The maximum Gasteiger partial charge on any atom is 0.345 e. The molecular weight excluding hydrogens is 450 g/mol. The predicted octanol–water partition coefficient (Wildman–Crippen LogP) is 5.60. The Kier molecular flexibility index (Phi) is 5.05. The molecule has 0 radical (unpaired) electrons. The van der Waals surface area contributed by atoms with E-state index in [2.05, 4.69) is 11.1 Å². The molecule has 0 unspecified atom stereocenters. The molecule has 0 aliphatic carbocycles. The molecule has 0 saturated carbocycles. The van der Waals surface area contributed by atoms with Crippen molar-refractivity contribution < 1.29 is 4.42 Å². The standard InChI is InChI=1S/C29H19N5O2/c1-33-25-13-7-6-12-24(25)31-28(33)20(17-30)15-21-18-34(22-10-3-2-4-11-22)32-27(21)23-16-19-9-5-8-14-26(19)36-29(23)35/h2-16,18H,1H3. The van der Waals surface area contributed by atoms with E-state index in [1.165, 1.54) is 0 Å². The van der Waals surface area contributed by atoms with Crippen molar-refractivity contribution in [2.75, 3.05) is 0 Å². The molecular formula is C29H19N5O2. The maximum absolute atomic E-state index is 13.0. The summed E-state index contributed by atoms with van der Waals surface area (Å²) in [5.74, 6) is 0.530. The van der Waals surface area contributed by atoms with Crippen LogP contribution in [0.3, 0.4) is 0 Å². The lowest BCUT2D eigenvalue weighted by Crippen LogP contribution is -2.04. The smallest absolute Gasteiger partial charge is 0.345 e. The van der Waals surface area contributed by atoms with Gasteiger partial charge in [0.1, 0.15) is 17.3 Å². The highest BCUT2D eigenvalue weighted by Crippen LogP contribution is 2.29. The maximum atomic E-state index is 13.0. The number of nitrogens with zero attached hydrogens (tertiary/aromatic N) is 5. The number of aryl methyl sites for hydroxylation is 1. The minimum atomic E-state index is -0.497. The molecule has 0 spiro atoms. The molecule has 3 heterocycles. The van der Waals surface area contributed by atoms with Gasteiger partial charge in [0.05, 0.1) is 27.9 Å². The summed E-state index contributed by atoms with van der Waals surface area (Å²) >= 11 is 0. The van der Waals surface area contributed by atoms with Gasteiger partial charge in [-0.25, -0.2) is 14.5 Å². The van der Waals surface area contributed by atoms with Gasteiger partial charge in [-0.05, 0) is 42.5 Å². The van der Waals surface area contributed by atoms with Crippen LogP contribution in [-0.2, 0) is 7.05 Å². The number of fused-ring (bicyclic) bond motifs is 2. The van der Waals surface area contributed by atoms with Gasteiger partial charge in [0, 0.05) is 24.2 Å². The number of benzene rings is 3. The lowest BCUT2D eigenvalue weighted by molar-refractivity contribution is 0.563. The van der Waals surface area contributed by atoms with Crippen molar-refractivity contribution in [2.45, 2.75) is 0 Å². The third kappa shape index (κ3) is 3.58. The summed E-state index contributed by atoms with van der Waals surface area (Å²) in [4.78, 5) is 17.7. The zero-order chi connectivity index (χ0) is 24.6. The van der Waals surface area contributed by atoms with E-state index in [-0.39, 0.29) is 0 Å². The minimum Gasteiger partial charge on any atom is -0.422 e. The van der Waals surface area contributed by atoms with Crippen LogP contribution in [0.4, 0.5) is 0 Å². The summed E-state index contributed by atoms with van der Waals surface area (Å²) in [6.07, 6.45) is 3.52. The Labute approximate surface area is 205 Å². The Hall–Kier alpha value is -5.22. The summed E-state index contributed by atoms with van der Waals surface area (Å²) < 4.78 is 9.16. The van der Waals surface area contributed by atoms with Crippen LogP contribution in [0.25, 0.3) is 50.6 Å².